The summed E-state index contributed by atoms with van der Waals surface area (Å²) in [7, 11) is 2.07. The minimum Gasteiger partial charge on any atom is -0.317 e. The maximum absolute atomic E-state index is 4.43. The van der Waals surface area contributed by atoms with Crippen LogP contribution in [0.25, 0.3) is 28.0 Å². The zero-order valence-corrected chi connectivity index (χ0v) is 17.5. The Hall–Kier alpha value is -2.73. The quantitative estimate of drug-likeness (QED) is 0.587. The van der Waals surface area contributed by atoms with Gasteiger partial charge >= 0.3 is 0 Å². The third kappa shape index (κ3) is 4.03. The summed E-state index contributed by atoms with van der Waals surface area (Å²) in [5.41, 5.74) is 3.71. The van der Waals surface area contributed by atoms with Crippen molar-refractivity contribution in [3.8, 4) is 11.4 Å². The molecule has 6 heteroatoms. The third-order valence-corrected chi connectivity index (χ3v) is 6.20. The highest BCUT2D eigenvalue weighted by Gasteiger charge is 2.22. The molecule has 1 unspecified atom stereocenters. The van der Waals surface area contributed by atoms with Gasteiger partial charge in [0.2, 0.25) is 0 Å². The van der Waals surface area contributed by atoms with E-state index >= 15 is 0 Å². The van der Waals surface area contributed by atoms with E-state index in [1.807, 2.05) is 29.1 Å². The van der Waals surface area contributed by atoms with E-state index in [0.717, 1.165) is 34.4 Å². The van der Waals surface area contributed by atoms with Crippen LogP contribution in [0.3, 0.4) is 0 Å². The van der Waals surface area contributed by atoms with Crippen LogP contribution in [0.5, 0.6) is 0 Å². The van der Waals surface area contributed by atoms with Crippen molar-refractivity contribution in [2.45, 2.75) is 45.6 Å². The van der Waals surface area contributed by atoms with Gasteiger partial charge in [-0.1, -0.05) is 55.8 Å². The topological polar surface area (TPSA) is 71.4 Å². The van der Waals surface area contributed by atoms with E-state index in [4.69, 9.17) is 0 Å². The maximum Gasteiger partial charge on any atom is 0.134 e. The number of hydrogen-bond acceptors (Lipinski definition) is 4. The molecule has 0 fully saturated rings. The Bertz CT molecular complexity index is 1010. The molecule has 1 aromatic carbocycles. The fourth-order valence-electron chi connectivity index (χ4n) is 4.30. The summed E-state index contributed by atoms with van der Waals surface area (Å²) in [6.07, 6.45) is 13.4. The molecule has 2 N–H and O–H groups in total. The van der Waals surface area contributed by atoms with Gasteiger partial charge in [0.15, 0.2) is 0 Å². The van der Waals surface area contributed by atoms with Crippen molar-refractivity contribution >= 4 is 16.6 Å². The Morgan fingerprint density at radius 1 is 1.24 bits per heavy atom. The van der Waals surface area contributed by atoms with Gasteiger partial charge in [-0.2, -0.15) is 5.10 Å². The van der Waals surface area contributed by atoms with Crippen LogP contribution >= 0.6 is 0 Å². The first kappa shape index (κ1) is 19.6. The van der Waals surface area contributed by atoms with E-state index in [0.29, 0.717) is 17.9 Å². The molecule has 0 bridgehead atoms. The highest BCUT2D eigenvalue weighted by Crippen LogP contribution is 2.31. The monoisotopic (exact) mass is 390 g/mol. The first-order valence-electron chi connectivity index (χ1n) is 10.6. The molecule has 2 aromatic heterocycles. The van der Waals surface area contributed by atoms with E-state index in [1.165, 1.54) is 19.3 Å². The van der Waals surface area contributed by atoms with E-state index in [-0.39, 0.29) is 0 Å². The van der Waals surface area contributed by atoms with Gasteiger partial charge in [-0.3, -0.25) is 5.10 Å². The average molecular weight is 391 g/mol. The number of aromatic amines is 1. The van der Waals surface area contributed by atoms with Gasteiger partial charge in [0.25, 0.3) is 0 Å². The number of rotatable bonds is 8. The van der Waals surface area contributed by atoms with E-state index < -0.39 is 0 Å². The van der Waals surface area contributed by atoms with Crippen molar-refractivity contribution in [3.05, 3.63) is 48.7 Å². The molecule has 0 saturated carbocycles. The minimum atomic E-state index is 0.587. The van der Waals surface area contributed by atoms with Gasteiger partial charge in [0.1, 0.15) is 11.4 Å². The van der Waals surface area contributed by atoms with Crippen LogP contribution in [-0.2, 0) is 0 Å². The highest BCUT2D eigenvalue weighted by atomic mass is 15.4. The molecule has 0 amide bonds. The van der Waals surface area contributed by atoms with Gasteiger partial charge in [-0.15, -0.1) is 5.10 Å². The number of nitrogens with zero attached hydrogens (tertiary/aromatic N) is 4. The second-order valence-electron chi connectivity index (χ2n) is 7.85. The summed E-state index contributed by atoms with van der Waals surface area (Å²) in [6.45, 7) is 4.56. The lowest BCUT2D eigenvalue weighted by molar-refractivity contribution is 0.310. The maximum atomic E-state index is 4.43. The molecule has 3 atom stereocenters. The van der Waals surface area contributed by atoms with Crippen LogP contribution in [0.1, 0.15) is 39.5 Å². The number of benzene rings is 1. The highest BCUT2D eigenvalue weighted by molar-refractivity contribution is 5.91. The summed E-state index contributed by atoms with van der Waals surface area (Å²) in [5, 5.41) is 20.7. The average Bonchev–Trinajstić information content (AvgIpc) is 3.42. The fraction of sp³-hybridized carbons (Fsp3) is 0.435. The van der Waals surface area contributed by atoms with Crippen LogP contribution in [-0.4, -0.2) is 38.3 Å². The lowest BCUT2D eigenvalue weighted by atomic mass is 9.80. The van der Waals surface area contributed by atoms with E-state index in [9.17, 15) is 0 Å². The third-order valence-electron chi connectivity index (χ3n) is 6.20. The Labute approximate surface area is 172 Å². The van der Waals surface area contributed by atoms with Crippen LogP contribution in [0.4, 0.5) is 0 Å². The van der Waals surface area contributed by atoms with Crippen molar-refractivity contribution in [2.24, 2.45) is 11.8 Å². The summed E-state index contributed by atoms with van der Waals surface area (Å²) in [6, 6.07) is 8.68. The number of H-pyrrole nitrogens is 1. The molecule has 6 nitrogen and oxygen atoms in total. The zero-order valence-electron chi connectivity index (χ0n) is 17.5. The molecule has 29 heavy (non-hydrogen) atoms. The number of para-hydroxylation sites is 1. The molecule has 1 aliphatic rings. The smallest absolute Gasteiger partial charge is 0.134 e. The second-order valence-corrected chi connectivity index (χ2v) is 7.85. The SMILES string of the molecule is CC[C@@H](C[C@@H](CC)C1C=CC(n2cc(-c3n[nH]c4ccccc34)nn2)=CC1)NC. The molecule has 0 spiro atoms. The normalized spacial score (nSPS) is 18.7. The first-order chi connectivity index (χ1) is 14.2. The van der Waals surface area contributed by atoms with Gasteiger partial charge in [-0.25, -0.2) is 4.68 Å². The molecular weight excluding hydrogens is 360 g/mol. The molecule has 4 rings (SSSR count). The van der Waals surface area contributed by atoms with Crippen molar-refractivity contribution < 1.29 is 0 Å². The predicted molar refractivity (Wildman–Crippen MR) is 118 cm³/mol. The van der Waals surface area contributed by atoms with Gasteiger partial charge in [0.05, 0.1) is 17.4 Å². The van der Waals surface area contributed by atoms with Crippen LogP contribution in [0.2, 0.25) is 0 Å². The Balaban J connectivity index is 1.48. The molecule has 0 aliphatic heterocycles. The predicted octanol–water partition coefficient (Wildman–Crippen LogP) is 4.65. The van der Waals surface area contributed by atoms with E-state index in [1.54, 1.807) is 0 Å². The largest absolute Gasteiger partial charge is 0.317 e. The van der Waals surface area contributed by atoms with Crippen LogP contribution < -0.4 is 5.32 Å². The molecular formula is C23H30N6. The molecule has 1 aliphatic carbocycles. The first-order valence-corrected chi connectivity index (χ1v) is 10.6. The summed E-state index contributed by atoms with van der Waals surface area (Å²) < 4.78 is 1.86. The van der Waals surface area contributed by atoms with Gasteiger partial charge in [0, 0.05) is 11.4 Å². The molecule has 0 radical (unpaired) electrons. The fourth-order valence-corrected chi connectivity index (χ4v) is 4.30. The van der Waals surface area contributed by atoms with Gasteiger partial charge < -0.3 is 5.32 Å². The summed E-state index contributed by atoms with van der Waals surface area (Å²) >= 11 is 0. The number of hydrogen-bond donors (Lipinski definition) is 2. The summed E-state index contributed by atoms with van der Waals surface area (Å²) in [4.78, 5) is 0. The van der Waals surface area contributed by atoms with Crippen molar-refractivity contribution in [2.75, 3.05) is 7.05 Å². The second kappa shape index (κ2) is 8.74. The van der Waals surface area contributed by atoms with Crippen molar-refractivity contribution in [1.82, 2.24) is 30.5 Å². The minimum absolute atomic E-state index is 0.587. The van der Waals surface area contributed by atoms with Crippen molar-refractivity contribution in [3.63, 3.8) is 0 Å². The van der Waals surface area contributed by atoms with Gasteiger partial charge in [-0.05, 0) is 50.3 Å². The Morgan fingerprint density at radius 2 is 2.10 bits per heavy atom. The summed E-state index contributed by atoms with van der Waals surface area (Å²) in [5.74, 6) is 1.28. The van der Waals surface area contributed by atoms with Crippen LogP contribution in [0, 0.1) is 11.8 Å². The molecule has 0 saturated heterocycles. The Morgan fingerprint density at radius 3 is 2.83 bits per heavy atom. The molecule has 2 heterocycles. The standard InChI is InChI=1S/C23H30N6/c1-4-16(14-18(5-2)24-3)17-10-12-19(13-11-17)29-15-22(26-28-29)23-20-8-6-7-9-21(20)25-27-23/h6-10,12-13,15-18,24H,4-5,11,14H2,1-3H3,(H,25,27)/t16-,17?,18+/m1/s1. The number of nitrogens with one attached hydrogen (secondary N) is 2. The molecule has 3 aromatic rings. The van der Waals surface area contributed by atoms with Crippen LogP contribution in [0.15, 0.2) is 48.7 Å². The van der Waals surface area contributed by atoms with Crippen molar-refractivity contribution in [1.29, 1.82) is 0 Å². The lowest BCUT2D eigenvalue weighted by Crippen LogP contribution is -2.29. The Kier molecular flexibility index (Phi) is 5.90. The number of aromatic nitrogens is 5. The lowest BCUT2D eigenvalue weighted by Gasteiger charge is -2.28. The number of allylic oxidation sites excluding steroid dienone is 4. The van der Waals surface area contributed by atoms with E-state index in [2.05, 4.69) is 71.0 Å². The number of fused-ring (bicyclic) bond motifs is 1. The molecule has 152 valence electrons. The zero-order chi connectivity index (χ0) is 20.2.